The minimum atomic E-state index is 0.739. The number of ether oxygens (including phenoxy) is 1. The molecule has 1 aliphatic carbocycles. The SMILES string of the molecule is c1csc(CCNCCOc2ccc3c(c2)CCCC3)c1. The van der Waals surface area contributed by atoms with E-state index in [1.54, 1.807) is 0 Å². The monoisotopic (exact) mass is 301 g/mol. The fraction of sp³-hybridized carbons (Fsp3) is 0.444. The molecule has 0 spiro atoms. The molecule has 0 aliphatic heterocycles. The van der Waals surface area contributed by atoms with Gasteiger partial charge in [0.1, 0.15) is 12.4 Å². The topological polar surface area (TPSA) is 21.3 Å². The summed E-state index contributed by atoms with van der Waals surface area (Å²) in [5.74, 6) is 1.02. The lowest BCUT2D eigenvalue weighted by atomic mass is 9.92. The van der Waals surface area contributed by atoms with Crippen molar-refractivity contribution in [2.75, 3.05) is 19.7 Å². The molecule has 1 N–H and O–H groups in total. The molecule has 0 saturated heterocycles. The van der Waals surface area contributed by atoms with E-state index in [4.69, 9.17) is 4.74 Å². The van der Waals surface area contributed by atoms with Crippen LogP contribution in [0.25, 0.3) is 0 Å². The molecule has 1 aliphatic rings. The number of hydrogen-bond acceptors (Lipinski definition) is 3. The van der Waals surface area contributed by atoms with Crippen molar-refractivity contribution in [3.05, 3.63) is 51.7 Å². The highest BCUT2D eigenvalue weighted by Gasteiger charge is 2.09. The van der Waals surface area contributed by atoms with E-state index in [9.17, 15) is 0 Å². The van der Waals surface area contributed by atoms with E-state index in [1.165, 1.54) is 41.7 Å². The summed E-state index contributed by atoms with van der Waals surface area (Å²) >= 11 is 1.83. The fourth-order valence-electron chi connectivity index (χ4n) is 2.83. The second-order valence-corrected chi connectivity index (χ2v) is 6.60. The number of aryl methyl sites for hydroxylation is 2. The zero-order valence-corrected chi connectivity index (χ0v) is 13.3. The smallest absolute Gasteiger partial charge is 0.119 e. The van der Waals surface area contributed by atoms with Gasteiger partial charge in [-0.2, -0.15) is 0 Å². The van der Waals surface area contributed by atoms with Crippen molar-refractivity contribution in [2.24, 2.45) is 0 Å². The Morgan fingerprint density at radius 2 is 1.95 bits per heavy atom. The molecule has 2 aromatic rings. The van der Waals surface area contributed by atoms with Gasteiger partial charge >= 0.3 is 0 Å². The molecular formula is C18H23NOS. The Morgan fingerprint density at radius 1 is 1.05 bits per heavy atom. The number of benzene rings is 1. The highest BCUT2D eigenvalue weighted by atomic mass is 32.1. The predicted molar refractivity (Wildman–Crippen MR) is 89.5 cm³/mol. The van der Waals surface area contributed by atoms with Crippen LogP contribution in [0.3, 0.4) is 0 Å². The van der Waals surface area contributed by atoms with Crippen molar-refractivity contribution < 1.29 is 4.74 Å². The van der Waals surface area contributed by atoms with Gasteiger partial charge in [0.15, 0.2) is 0 Å². The maximum atomic E-state index is 5.85. The molecule has 112 valence electrons. The molecule has 1 heterocycles. The number of thiophene rings is 1. The lowest BCUT2D eigenvalue weighted by Crippen LogP contribution is -2.23. The minimum absolute atomic E-state index is 0.739. The van der Waals surface area contributed by atoms with Gasteiger partial charge in [0.05, 0.1) is 0 Å². The van der Waals surface area contributed by atoms with Crippen LogP contribution in [0.2, 0.25) is 0 Å². The van der Waals surface area contributed by atoms with Crippen LogP contribution in [-0.2, 0) is 19.3 Å². The molecule has 0 radical (unpaired) electrons. The largest absolute Gasteiger partial charge is 0.492 e. The summed E-state index contributed by atoms with van der Waals surface area (Å²) in [4.78, 5) is 1.44. The van der Waals surface area contributed by atoms with E-state index in [0.29, 0.717) is 0 Å². The van der Waals surface area contributed by atoms with E-state index in [-0.39, 0.29) is 0 Å². The average Bonchev–Trinajstić information content (AvgIpc) is 3.04. The summed E-state index contributed by atoms with van der Waals surface area (Å²) in [7, 11) is 0. The van der Waals surface area contributed by atoms with Crippen molar-refractivity contribution in [1.82, 2.24) is 5.32 Å². The maximum Gasteiger partial charge on any atom is 0.119 e. The van der Waals surface area contributed by atoms with E-state index in [0.717, 1.165) is 31.9 Å². The van der Waals surface area contributed by atoms with Gasteiger partial charge in [0.25, 0.3) is 0 Å². The van der Waals surface area contributed by atoms with E-state index in [2.05, 4.69) is 41.0 Å². The second kappa shape index (κ2) is 7.62. The maximum absolute atomic E-state index is 5.85. The van der Waals surface area contributed by atoms with Crippen molar-refractivity contribution >= 4 is 11.3 Å². The van der Waals surface area contributed by atoms with Gasteiger partial charge in [0, 0.05) is 18.0 Å². The Kier molecular flexibility index (Phi) is 5.30. The Bertz CT molecular complexity index is 550. The van der Waals surface area contributed by atoms with E-state index >= 15 is 0 Å². The molecule has 2 nitrogen and oxygen atoms in total. The zero-order chi connectivity index (χ0) is 14.3. The molecule has 1 aromatic carbocycles. The Morgan fingerprint density at radius 3 is 2.81 bits per heavy atom. The summed E-state index contributed by atoms with van der Waals surface area (Å²) in [6.07, 6.45) is 6.21. The van der Waals surface area contributed by atoms with Gasteiger partial charge in [-0.05, 0) is 66.8 Å². The average molecular weight is 301 g/mol. The van der Waals surface area contributed by atoms with Crippen LogP contribution >= 0.6 is 11.3 Å². The van der Waals surface area contributed by atoms with Crippen LogP contribution in [0, 0.1) is 0 Å². The first-order valence-electron chi connectivity index (χ1n) is 7.89. The molecule has 0 bridgehead atoms. The third kappa shape index (κ3) is 4.32. The number of rotatable bonds is 7. The number of fused-ring (bicyclic) bond motifs is 1. The van der Waals surface area contributed by atoms with Crippen LogP contribution in [-0.4, -0.2) is 19.7 Å². The summed E-state index contributed by atoms with van der Waals surface area (Å²) in [6.45, 7) is 2.67. The van der Waals surface area contributed by atoms with E-state index in [1.807, 2.05) is 11.3 Å². The summed E-state index contributed by atoms with van der Waals surface area (Å²) in [5, 5.41) is 5.57. The van der Waals surface area contributed by atoms with Gasteiger partial charge in [-0.3, -0.25) is 0 Å². The van der Waals surface area contributed by atoms with Crippen molar-refractivity contribution in [1.29, 1.82) is 0 Å². The highest BCUT2D eigenvalue weighted by Crippen LogP contribution is 2.25. The molecule has 0 unspecified atom stereocenters. The standard InChI is InChI=1S/C18H23NOS/c1-2-5-16-14-17(8-7-15(16)4-1)20-12-11-19-10-9-18-6-3-13-21-18/h3,6-8,13-14,19H,1-2,4-5,9-12H2. The van der Waals surface area contributed by atoms with Crippen LogP contribution in [0.5, 0.6) is 5.75 Å². The lowest BCUT2D eigenvalue weighted by molar-refractivity contribution is 0.314. The van der Waals surface area contributed by atoms with Crippen molar-refractivity contribution in [3.8, 4) is 5.75 Å². The summed E-state index contributed by atoms with van der Waals surface area (Å²) in [5.41, 5.74) is 3.01. The molecule has 21 heavy (non-hydrogen) atoms. The van der Waals surface area contributed by atoms with Crippen molar-refractivity contribution in [3.63, 3.8) is 0 Å². The number of nitrogens with one attached hydrogen (secondary N) is 1. The lowest BCUT2D eigenvalue weighted by Gasteiger charge is -2.16. The highest BCUT2D eigenvalue weighted by molar-refractivity contribution is 7.09. The first-order valence-corrected chi connectivity index (χ1v) is 8.77. The quantitative estimate of drug-likeness (QED) is 0.785. The fourth-order valence-corrected chi connectivity index (χ4v) is 3.54. The molecule has 0 atom stereocenters. The Hall–Kier alpha value is -1.32. The van der Waals surface area contributed by atoms with Gasteiger partial charge in [-0.1, -0.05) is 12.1 Å². The second-order valence-electron chi connectivity index (χ2n) is 5.57. The summed E-state index contributed by atoms with van der Waals surface area (Å²) < 4.78 is 5.85. The first-order chi connectivity index (χ1) is 10.4. The van der Waals surface area contributed by atoms with Gasteiger partial charge in [-0.15, -0.1) is 11.3 Å². The number of hydrogen-bond donors (Lipinski definition) is 1. The first kappa shape index (κ1) is 14.6. The van der Waals surface area contributed by atoms with E-state index < -0.39 is 0 Å². The van der Waals surface area contributed by atoms with Crippen molar-refractivity contribution in [2.45, 2.75) is 32.1 Å². The van der Waals surface area contributed by atoms with Gasteiger partial charge in [0.2, 0.25) is 0 Å². The Balaban J connectivity index is 1.35. The predicted octanol–water partition coefficient (Wildman–Crippen LogP) is 3.84. The Labute approximate surface area is 131 Å². The molecule has 3 rings (SSSR count). The molecule has 0 saturated carbocycles. The van der Waals surface area contributed by atoms with Crippen LogP contribution in [0.1, 0.15) is 28.8 Å². The van der Waals surface area contributed by atoms with Crippen LogP contribution < -0.4 is 10.1 Å². The zero-order valence-electron chi connectivity index (χ0n) is 12.4. The molecule has 1 aromatic heterocycles. The minimum Gasteiger partial charge on any atom is -0.492 e. The molecule has 3 heteroatoms. The summed E-state index contributed by atoms with van der Waals surface area (Å²) in [6, 6.07) is 10.9. The third-order valence-corrected chi connectivity index (χ3v) is 4.93. The third-order valence-electron chi connectivity index (χ3n) is 4.00. The van der Waals surface area contributed by atoms with Gasteiger partial charge in [-0.25, -0.2) is 0 Å². The van der Waals surface area contributed by atoms with Crippen LogP contribution in [0.15, 0.2) is 35.7 Å². The molecule has 0 fully saturated rings. The normalized spacial score (nSPS) is 13.9. The molecule has 0 amide bonds. The van der Waals surface area contributed by atoms with Gasteiger partial charge < -0.3 is 10.1 Å². The van der Waals surface area contributed by atoms with Crippen LogP contribution in [0.4, 0.5) is 0 Å². The molecular weight excluding hydrogens is 278 g/mol.